The van der Waals surface area contributed by atoms with Gasteiger partial charge in [0.05, 0.1) is 40.0 Å². The summed E-state index contributed by atoms with van der Waals surface area (Å²) in [7, 11) is 0. The fourth-order valence-corrected chi connectivity index (χ4v) is 2.23. The Balaban J connectivity index is 1.90. The summed E-state index contributed by atoms with van der Waals surface area (Å²) in [5.74, 6) is 0. The van der Waals surface area contributed by atoms with Gasteiger partial charge in [0, 0.05) is 0 Å². The minimum absolute atomic E-state index is 1.19. The lowest BCUT2D eigenvalue weighted by atomic mass is 10.5. The molecule has 10 heavy (non-hydrogen) atoms. The first kappa shape index (κ1) is 5.49. The van der Waals surface area contributed by atoms with Crippen molar-refractivity contribution >= 4 is 0 Å². The predicted octanol–water partition coefficient (Wildman–Crippen LogP) is -1.02. The van der Waals surface area contributed by atoms with Crippen molar-refractivity contribution < 1.29 is 0 Å². The third kappa shape index (κ3) is 0.645. The van der Waals surface area contributed by atoms with Gasteiger partial charge >= 0.3 is 0 Å². The summed E-state index contributed by atoms with van der Waals surface area (Å²) in [6.07, 6.45) is 0. The molecule has 4 heterocycles. The highest BCUT2D eigenvalue weighted by Gasteiger charge is 2.36. The Hall–Kier alpha value is -0.160. The van der Waals surface area contributed by atoms with Crippen molar-refractivity contribution in [1.82, 2.24) is 19.6 Å². The molecule has 4 aliphatic rings. The molecule has 0 radical (unpaired) electrons. The van der Waals surface area contributed by atoms with Crippen molar-refractivity contribution in [2.24, 2.45) is 0 Å². The second-order valence-electron chi connectivity index (χ2n) is 3.53. The van der Waals surface area contributed by atoms with E-state index in [1.807, 2.05) is 0 Å². The lowest BCUT2D eigenvalue weighted by Crippen LogP contribution is -2.71. The summed E-state index contributed by atoms with van der Waals surface area (Å²) >= 11 is 0. The van der Waals surface area contributed by atoms with Crippen LogP contribution in [0.2, 0.25) is 0 Å². The lowest BCUT2D eigenvalue weighted by Gasteiger charge is -2.56. The van der Waals surface area contributed by atoms with Crippen molar-refractivity contribution in [3.05, 3.63) is 0 Å². The molecule has 4 saturated heterocycles. The minimum atomic E-state index is 1.19. The standard InChI is InChI=1S/C6H12N4/c1-7-2-9-4-8(1)5-10(3-7)6-9/h1-6H2/i1+2. The predicted molar refractivity (Wildman–Crippen MR) is 36.6 cm³/mol. The van der Waals surface area contributed by atoms with E-state index >= 15 is 0 Å². The molecule has 0 amide bonds. The fraction of sp³-hybridized carbons (Fsp3) is 1.00. The number of nitrogens with zero attached hydrogens (tertiary/aromatic N) is 4. The molecule has 0 N–H and O–H groups in total. The van der Waals surface area contributed by atoms with Crippen LogP contribution in [0.1, 0.15) is 0 Å². The summed E-state index contributed by atoms with van der Waals surface area (Å²) in [6, 6.07) is 0. The average Bonchev–Trinajstić information content (AvgIpc) is 1.82. The highest BCUT2D eigenvalue weighted by atomic mass is 15.9. The van der Waals surface area contributed by atoms with Gasteiger partial charge in [-0.05, 0) is 0 Å². The highest BCUT2D eigenvalue weighted by Crippen LogP contribution is 2.20. The molecule has 4 aliphatic heterocycles. The molecule has 0 aromatic heterocycles. The maximum atomic E-state index is 2.47. The monoisotopic (exact) mass is 142 g/mol. The largest absolute Gasteiger partial charge is 0.264 e. The molecule has 56 valence electrons. The average molecular weight is 142 g/mol. The van der Waals surface area contributed by atoms with E-state index in [1.54, 1.807) is 0 Å². The van der Waals surface area contributed by atoms with Crippen molar-refractivity contribution in [1.29, 1.82) is 0 Å². The van der Waals surface area contributed by atoms with E-state index in [1.165, 1.54) is 40.0 Å². The maximum absolute atomic E-state index is 2.47. The molecule has 0 aliphatic carbocycles. The smallest absolute Gasteiger partial charge is 0.0555 e. The fourth-order valence-electron chi connectivity index (χ4n) is 2.23. The van der Waals surface area contributed by atoms with E-state index in [0.717, 1.165) is 0 Å². The van der Waals surface area contributed by atoms with E-state index in [2.05, 4.69) is 19.6 Å². The van der Waals surface area contributed by atoms with Crippen LogP contribution in [0.15, 0.2) is 0 Å². The van der Waals surface area contributed by atoms with E-state index < -0.39 is 0 Å². The summed E-state index contributed by atoms with van der Waals surface area (Å²) < 4.78 is 0. The molecule has 0 spiro atoms. The molecular weight excluding hydrogens is 130 g/mol. The SMILES string of the molecule is C1N2CN3CN1CN(C2)[14CH2]3. The zero-order valence-corrected chi connectivity index (χ0v) is 6.03. The van der Waals surface area contributed by atoms with Crippen LogP contribution in [-0.2, 0) is 0 Å². The molecule has 0 atom stereocenters. The molecular formula is C6H12N4. The van der Waals surface area contributed by atoms with Crippen LogP contribution in [0.5, 0.6) is 0 Å². The van der Waals surface area contributed by atoms with E-state index in [4.69, 9.17) is 0 Å². The van der Waals surface area contributed by atoms with E-state index in [-0.39, 0.29) is 0 Å². The normalized spacial score (nSPS) is 57.6. The second kappa shape index (κ2) is 1.71. The Morgan fingerprint density at radius 3 is 1.60 bits per heavy atom. The lowest BCUT2D eigenvalue weighted by molar-refractivity contribution is -0.194. The summed E-state index contributed by atoms with van der Waals surface area (Å²) in [5, 5.41) is 0. The van der Waals surface area contributed by atoms with Crippen molar-refractivity contribution in [3.8, 4) is 0 Å². The molecule has 4 fully saturated rings. The maximum Gasteiger partial charge on any atom is 0.0555 e. The highest BCUT2D eigenvalue weighted by molar-refractivity contribution is 4.79. The van der Waals surface area contributed by atoms with Crippen LogP contribution in [0.3, 0.4) is 0 Å². The zero-order chi connectivity index (χ0) is 6.55. The van der Waals surface area contributed by atoms with Crippen LogP contribution in [0.25, 0.3) is 0 Å². The van der Waals surface area contributed by atoms with Crippen LogP contribution in [0, 0.1) is 0 Å². The van der Waals surface area contributed by atoms with E-state index in [9.17, 15) is 0 Å². The van der Waals surface area contributed by atoms with Crippen LogP contribution < -0.4 is 0 Å². The first-order valence-electron chi connectivity index (χ1n) is 3.79. The quantitative estimate of drug-likeness (QED) is 0.429. The Bertz CT molecular complexity index is 101. The number of hydrogen-bond donors (Lipinski definition) is 0. The van der Waals surface area contributed by atoms with Crippen LogP contribution in [0.4, 0.5) is 0 Å². The summed E-state index contributed by atoms with van der Waals surface area (Å²) in [4.78, 5) is 9.88. The number of rotatable bonds is 0. The Labute approximate surface area is 60.6 Å². The minimum Gasteiger partial charge on any atom is -0.264 e. The third-order valence-corrected chi connectivity index (χ3v) is 2.40. The van der Waals surface area contributed by atoms with Gasteiger partial charge in [-0.3, -0.25) is 19.6 Å². The Morgan fingerprint density at radius 1 is 0.700 bits per heavy atom. The first-order valence-corrected chi connectivity index (χ1v) is 3.79. The van der Waals surface area contributed by atoms with Gasteiger partial charge in [0.2, 0.25) is 0 Å². The molecule has 0 aromatic rings. The van der Waals surface area contributed by atoms with Crippen LogP contribution >= 0.6 is 0 Å². The van der Waals surface area contributed by atoms with Crippen molar-refractivity contribution in [2.45, 2.75) is 0 Å². The first-order chi connectivity index (χ1) is 4.90. The van der Waals surface area contributed by atoms with Gasteiger partial charge < -0.3 is 0 Å². The topological polar surface area (TPSA) is 13.0 Å². The summed E-state index contributed by atoms with van der Waals surface area (Å²) in [5.41, 5.74) is 0. The number of hydrogen-bond acceptors (Lipinski definition) is 4. The Kier molecular flexibility index (Phi) is 0.936. The van der Waals surface area contributed by atoms with Gasteiger partial charge in [-0.15, -0.1) is 0 Å². The van der Waals surface area contributed by atoms with Crippen molar-refractivity contribution in [2.75, 3.05) is 40.0 Å². The molecule has 0 unspecified atom stereocenters. The molecule has 4 rings (SSSR count). The second-order valence-corrected chi connectivity index (χ2v) is 3.53. The van der Waals surface area contributed by atoms with E-state index in [0.29, 0.717) is 0 Å². The van der Waals surface area contributed by atoms with Crippen molar-refractivity contribution in [3.63, 3.8) is 0 Å². The molecule has 4 nitrogen and oxygen atoms in total. The Morgan fingerprint density at radius 2 is 1.20 bits per heavy atom. The van der Waals surface area contributed by atoms with Gasteiger partial charge in [-0.25, -0.2) is 0 Å². The van der Waals surface area contributed by atoms with Gasteiger partial charge in [0.15, 0.2) is 0 Å². The van der Waals surface area contributed by atoms with Gasteiger partial charge in [0.25, 0.3) is 0 Å². The van der Waals surface area contributed by atoms with Crippen LogP contribution in [-0.4, -0.2) is 59.6 Å². The van der Waals surface area contributed by atoms with Gasteiger partial charge in [-0.2, -0.15) is 0 Å². The molecule has 0 saturated carbocycles. The molecule has 0 aromatic carbocycles. The summed E-state index contributed by atoms with van der Waals surface area (Å²) in [6.45, 7) is 7.12. The molecule has 4 bridgehead atoms. The van der Waals surface area contributed by atoms with Gasteiger partial charge in [0.1, 0.15) is 0 Å². The van der Waals surface area contributed by atoms with Gasteiger partial charge in [-0.1, -0.05) is 0 Å². The molecule has 4 heteroatoms. The third-order valence-electron chi connectivity index (χ3n) is 2.40. The zero-order valence-electron chi connectivity index (χ0n) is 6.03.